The van der Waals surface area contributed by atoms with Crippen LogP contribution in [-0.4, -0.2) is 59.0 Å². The molecule has 0 radical (unpaired) electrons. The number of hydrogen-bond acceptors (Lipinski definition) is 6. The number of rotatable bonds is 6. The molecule has 0 amide bonds. The summed E-state index contributed by atoms with van der Waals surface area (Å²) >= 11 is 0. The molecule has 9 heteroatoms. The van der Waals surface area contributed by atoms with Crippen molar-refractivity contribution in [1.29, 1.82) is 0 Å². The van der Waals surface area contributed by atoms with Gasteiger partial charge in [0.15, 0.2) is 21.5 Å². The van der Waals surface area contributed by atoms with Crippen LogP contribution in [0.25, 0.3) is 28.0 Å². The second kappa shape index (κ2) is 9.15. The lowest BCUT2D eigenvalue weighted by Crippen LogP contribution is -2.40. The van der Waals surface area contributed by atoms with Gasteiger partial charge < -0.3 is 15.2 Å². The molecule has 2 N–H and O–H groups in total. The number of anilines is 1. The van der Waals surface area contributed by atoms with Crippen LogP contribution in [0.5, 0.6) is 0 Å². The van der Waals surface area contributed by atoms with Crippen molar-refractivity contribution in [2.45, 2.75) is 12.8 Å². The Labute approximate surface area is 198 Å². The summed E-state index contributed by atoms with van der Waals surface area (Å²) in [4.78, 5) is 11.0. The molecule has 0 bridgehead atoms. The minimum Gasteiger partial charge on any atom is -0.381 e. The summed E-state index contributed by atoms with van der Waals surface area (Å²) in [6, 6.07) is 15.2. The predicted octanol–water partition coefficient (Wildman–Crippen LogP) is 3.47. The van der Waals surface area contributed by atoms with Crippen LogP contribution in [0.2, 0.25) is 0 Å². The molecule has 1 aliphatic rings. The zero-order chi connectivity index (χ0) is 23.7. The van der Waals surface area contributed by atoms with E-state index in [0.29, 0.717) is 24.3 Å². The second-order valence-electron chi connectivity index (χ2n) is 8.62. The number of nitrogens with two attached hydrogens (primary N) is 1. The van der Waals surface area contributed by atoms with E-state index in [1.54, 1.807) is 0 Å². The van der Waals surface area contributed by atoms with E-state index < -0.39 is 15.7 Å². The lowest BCUT2D eigenvalue weighted by Gasteiger charge is -2.26. The van der Waals surface area contributed by atoms with E-state index >= 15 is 0 Å². The Morgan fingerprint density at radius 1 is 1.06 bits per heavy atom. The van der Waals surface area contributed by atoms with Crippen molar-refractivity contribution in [2.24, 2.45) is 0 Å². The van der Waals surface area contributed by atoms with Gasteiger partial charge in [-0.25, -0.2) is 22.8 Å². The molecule has 176 valence electrons. The van der Waals surface area contributed by atoms with Crippen LogP contribution < -0.4 is 5.73 Å². The fourth-order valence-electron chi connectivity index (χ4n) is 4.37. The maximum Gasteiger partial charge on any atom is 0.165 e. The molecule has 5 rings (SSSR count). The molecule has 1 aromatic carbocycles. The number of nitrogen functional groups attached to an aromatic ring is 1. The smallest absolute Gasteiger partial charge is 0.165 e. The van der Waals surface area contributed by atoms with Gasteiger partial charge in [-0.05, 0) is 55.3 Å². The zero-order valence-electron chi connectivity index (χ0n) is 18.7. The van der Waals surface area contributed by atoms with Crippen LogP contribution in [0.4, 0.5) is 10.2 Å². The van der Waals surface area contributed by atoms with Gasteiger partial charge in [-0.3, -0.25) is 0 Å². The highest BCUT2D eigenvalue weighted by atomic mass is 32.2. The van der Waals surface area contributed by atoms with Crippen molar-refractivity contribution >= 4 is 26.7 Å². The maximum absolute atomic E-state index is 14.0. The lowest BCUT2D eigenvalue weighted by atomic mass is 10.1. The van der Waals surface area contributed by atoms with Gasteiger partial charge in [-0.1, -0.05) is 18.2 Å². The third-order valence-electron chi connectivity index (χ3n) is 6.29. The quantitative estimate of drug-likeness (QED) is 0.455. The molecular weight excluding hydrogens is 453 g/mol. The van der Waals surface area contributed by atoms with Crippen molar-refractivity contribution in [3.63, 3.8) is 0 Å². The Hall–Kier alpha value is -3.30. The fraction of sp³-hybridized carbons (Fsp3) is 0.280. The van der Waals surface area contributed by atoms with E-state index in [1.165, 1.54) is 17.8 Å². The Bertz CT molecular complexity index is 1420. The second-order valence-corrected chi connectivity index (χ2v) is 10.9. The van der Waals surface area contributed by atoms with Crippen LogP contribution in [0, 0.1) is 5.82 Å². The van der Waals surface area contributed by atoms with Gasteiger partial charge in [0.1, 0.15) is 5.65 Å². The van der Waals surface area contributed by atoms with Gasteiger partial charge >= 0.3 is 0 Å². The number of benzene rings is 1. The monoisotopic (exact) mass is 479 g/mol. The molecule has 34 heavy (non-hydrogen) atoms. The van der Waals surface area contributed by atoms with Crippen molar-refractivity contribution < 1.29 is 12.8 Å². The summed E-state index contributed by atoms with van der Waals surface area (Å²) in [6.07, 6.45) is 5.41. The molecule has 0 spiro atoms. The molecule has 0 aliphatic carbocycles. The van der Waals surface area contributed by atoms with E-state index in [-0.39, 0.29) is 17.3 Å². The Balaban J connectivity index is 1.44. The van der Waals surface area contributed by atoms with E-state index in [0.717, 1.165) is 36.1 Å². The highest BCUT2D eigenvalue weighted by molar-refractivity contribution is 7.91. The van der Waals surface area contributed by atoms with E-state index in [1.807, 2.05) is 42.5 Å². The molecule has 1 fully saturated rings. The number of nitrogens with zero attached hydrogens (tertiary/aromatic N) is 4. The fourth-order valence-corrected chi connectivity index (χ4v) is 5.65. The molecule has 0 unspecified atom stereocenters. The van der Waals surface area contributed by atoms with Crippen LogP contribution in [0.15, 0.2) is 60.9 Å². The molecule has 1 saturated heterocycles. The highest BCUT2D eigenvalue weighted by Crippen LogP contribution is 2.28. The summed E-state index contributed by atoms with van der Waals surface area (Å²) in [7, 11) is -2.87. The number of aryl methyl sites for hydroxylation is 1. The third-order valence-corrected chi connectivity index (χ3v) is 7.90. The van der Waals surface area contributed by atoms with E-state index in [4.69, 9.17) is 10.7 Å². The minimum absolute atomic E-state index is 0.133. The van der Waals surface area contributed by atoms with E-state index in [9.17, 15) is 12.8 Å². The first-order valence-corrected chi connectivity index (χ1v) is 13.1. The number of aromatic nitrogens is 3. The van der Waals surface area contributed by atoms with Crippen LogP contribution in [0.1, 0.15) is 12.0 Å². The van der Waals surface area contributed by atoms with Gasteiger partial charge in [0, 0.05) is 42.1 Å². The lowest BCUT2D eigenvalue weighted by molar-refractivity contribution is 0.292. The normalized spacial score (nSPS) is 16.1. The number of fused-ring (bicyclic) bond motifs is 1. The highest BCUT2D eigenvalue weighted by Gasteiger charge is 2.21. The standard InChI is InChI=1S/C25H26FN5O2S/c26-22-15-19(16-28-24(22)27)23-9-8-21-18(5-4-10-30-11-13-34(32,33)14-12-30)17-31(25(21)29-23)20-6-2-1-3-7-20/h1-3,6-9,15-17H,4-5,10-14H2,(H2,27,28). The molecule has 4 aromatic rings. The van der Waals surface area contributed by atoms with Gasteiger partial charge in [0.25, 0.3) is 0 Å². The topological polar surface area (TPSA) is 94.1 Å². The van der Waals surface area contributed by atoms with Gasteiger partial charge in [-0.15, -0.1) is 0 Å². The van der Waals surface area contributed by atoms with Crippen LogP contribution in [0.3, 0.4) is 0 Å². The number of halogens is 1. The van der Waals surface area contributed by atoms with Crippen LogP contribution >= 0.6 is 0 Å². The Morgan fingerprint density at radius 2 is 1.82 bits per heavy atom. The van der Waals surface area contributed by atoms with Crippen molar-refractivity contribution in [3.8, 4) is 16.9 Å². The summed E-state index contributed by atoms with van der Waals surface area (Å²) in [5, 5.41) is 1.04. The van der Waals surface area contributed by atoms with Gasteiger partial charge in [0.2, 0.25) is 0 Å². The van der Waals surface area contributed by atoms with Gasteiger partial charge in [-0.2, -0.15) is 0 Å². The van der Waals surface area contributed by atoms with E-state index in [2.05, 4.69) is 20.6 Å². The number of pyridine rings is 2. The van der Waals surface area contributed by atoms with Crippen molar-refractivity contribution in [3.05, 3.63) is 72.3 Å². The largest absolute Gasteiger partial charge is 0.381 e. The molecule has 4 heterocycles. The maximum atomic E-state index is 14.0. The Kier molecular flexibility index (Phi) is 6.05. The first kappa shape index (κ1) is 22.5. The zero-order valence-corrected chi connectivity index (χ0v) is 19.5. The predicted molar refractivity (Wildman–Crippen MR) is 132 cm³/mol. The molecule has 0 atom stereocenters. The molecule has 7 nitrogen and oxygen atoms in total. The summed E-state index contributed by atoms with van der Waals surface area (Å²) < 4.78 is 39.4. The van der Waals surface area contributed by atoms with Crippen molar-refractivity contribution in [2.75, 3.05) is 36.9 Å². The number of sulfone groups is 1. The van der Waals surface area contributed by atoms with Gasteiger partial charge in [0.05, 0.1) is 17.2 Å². The minimum atomic E-state index is -2.87. The summed E-state index contributed by atoms with van der Waals surface area (Å²) in [6.45, 7) is 2.06. The molecule has 1 aliphatic heterocycles. The van der Waals surface area contributed by atoms with Crippen LogP contribution in [-0.2, 0) is 16.3 Å². The summed E-state index contributed by atoms with van der Waals surface area (Å²) in [5.41, 5.74) is 9.67. The SMILES string of the molecule is Nc1ncc(-c2ccc3c(CCCN4CCS(=O)(=O)CC4)cn(-c4ccccc4)c3n2)cc1F. The molecule has 3 aromatic heterocycles. The number of para-hydroxylation sites is 1. The average Bonchev–Trinajstić information content (AvgIpc) is 3.20. The Morgan fingerprint density at radius 3 is 2.56 bits per heavy atom. The first-order valence-electron chi connectivity index (χ1n) is 11.3. The molecule has 0 saturated carbocycles. The number of hydrogen-bond donors (Lipinski definition) is 1. The summed E-state index contributed by atoms with van der Waals surface area (Å²) in [5.74, 6) is -0.212. The average molecular weight is 480 g/mol. The molecular formula is C25H26FN5O2S. The first-order chi connectivity index (χ1) is 16.4. The third kappa shape index (κ3) is 4.67. The van der Waals surface area contributed by atoms with Crippen molar-refractivity contribution in [1.82, 2.24) is 19.4 Å².